The van der Waals surface area contributed by atoms with Gasteiger partial charge in [-0.25, -0.2) is 4.79 Å². The van der Waals surface area contributed by atoms with Crippen molar-refractivity contribution in [1.29, 1.82) is 0 Å². The zero-order valence-corrected chi connectivity index (χ0v) is 25.8. The Kier molecular flexibility index (Phi) is 11.8. The minimum Gasteiger partial charge on any atom is -0.464 e. The average molecular weight is 536 g/mol. The summed E-state index contributed by atoms with van der Waals surface area (Å²) in [6.45, 7) is 19.3. The second kappa shape index (κ2) is 13.7. The molecule has 0 bridgehead atoms. The van der Waals surface area contributed by atoms with Crippen molar-refractivity contribution in [2.45, 2.75) is 119 Å². The maximum absolute atomic E-state index is 13.3. The van der Waals surface area contributed by atoms with Crippen molar-refractivity contribution >= 4 is 29.3 Å². The van der Waals surface area contributed by atoms with E-state index >= 15 is 0 Å². The molecule has 1 N–H and O–H groups in total. The smallest absolute Gasteiger partial charge is 0.329 e. The van der Waals surface area contributed by atoms with E-state index in [2.05, 4.69) is 53.8 Å². The number of ketones is 2. The van der Waals surface area contributed by atoms with Crippen LogP contribution in [-0.4, -0.2) is 41.2 Å². The first-order valence-corrected chi connectivity index (χ1v) is 15.5. The highest BCUT2D eigenvalue weighted by atomic mass is 32.2. The van der Waals surface area contributed by atoms with Gasteiger partial charge in [0.1, 0.15) is 11.8 Å². The predicted octanol–water partition coefficient (Wildman–Crippen LogP) is 6.99. The van der Waals surface area contributed by atoms with E-state index < -0.39 is 6.04 Å². The Hall–Kier alpha value is -1.30. The molecule has 0 aliphatic heterocycles. The fourth-order valence-corrected chi connectivity index (χ4v) is 8.15. The highest BCUT2D eigenvalue weighted by Gasteiger charge is 2.42. The molecule has 0 aromatic carbocycles. The van der Waals surface area contributed by atoms with Crippen LogP contribution < -0.4 is 5.32 Å². The topological polar surface area (TPSA) is 72.5 Å². The van der Waals surface area contributed by atoms with E-state index in [9.17, 15) is 14.4 Å². The molecule has 0 radical (unpaired) electrons. The van der Waals surface area contributed by atoms with Crippen LogP contribution in [0.1, 0.15) is 107 Å². The first-order valence-electron chi connectivity index (χ1n) is 14.5. The number of ether oxygens (including phenoxy) is 1. The normalized spacial score (nSPS) is 29.2. The van der Waals surface area contributed by atoms with Crippen LogP contribution in [0.4, 0.5) is 0 Å². The number of esters is 1. The van der Waals surface area contributed by atoms with Crippen molar-refractivity contribution in [1.82, 2.24) is 5.32 Å². The van der Waals surface area contributed by atoms with Crippen molar-refractivity contribution in [3.8, 4) is 0 Å². The van der Waals surface area contributed by atoms with E-state index in [0.717, 1.165) is 25.7 Å². The fourth-order valence-electron chi connectivity index (χ4n) is 7.12. The molecule has 6 unspecified atom stereocenters. The third kappa shape index (κ3) is 8.86. The Morgan fingerprint density at radius 1 is 1.00 bits per heavy atom. The Morgan fingerprint density at radius 3 is 2.05 bits per heavy atom. The van der Waals surface area contributed by atoms with E-state index in [4.69, 9.17) is 4.74 Å². The average Bonchev–Trinajstić information content (AvgIpc) is 2.75. The van der Waals surface area contributed by atoms with Gasteiger partial charge in [0.05, 0.1) is 6.61 Å². The Labute approximate surface area is 230 Å². The van der Waals surface area contributed by atoms with Crippen molar-refractivity contribution in [3.63, 3.8) is 0 Å². The van der Waals surface area contributed by atoms with Crippen molar-refractivity contribution in [3.05, 3.63) is 11.8 Å². The molecule has 37 heavy (non-hydrogen) atoms. The molecule has 0 amide bonds. The monoisotopic (exact) mass is 535 g/mol. The molecule has 0 spiro atoms. The van der Waals surface area contributed by atoms with Gasteiger partial charge in [0.2, 0.25) is 0 Å². The molecule has 6 heteroatoms. The Balaban J connectivity index is 2.02. The third-order valence-corrected chi connectivity index (χ3v) is 10.1. The van der Waals surface area contributed by atoms with Crippen molar-refractivity contribution in [2.24, 2.45) is 34.5 Å². The van der Waals surface area contributed by atoms with Crippen LogP contribution in [0.25, 0.3) is 0 Å². The summed E-state index contributed by atoms with van der Waals surface area (Å²) in [5.41, 5.74) is 0.722. The van der Waals surface area contributed by atoms with Crippen LogP contribution in [0.15, 0.2) is 11.8 Å². The minimum atomic E-state index is -0.562. The van der Waals surface area contributed by atoms with Gasteiger partial charge in [0.25, 0.3) is 0 Å². The molecular weight excluding hydrogens is 482 g/mol. The number of carbonyl (C=O) groups is 3. The summed E-state index contributed by atoms with van der Waals surface area (Å²) in [7, 11) is 0. The predicted molar refractivity (Wildman–Crippen MR) is 154 cm³/mol. The van der Waals surface area contributed by atoms with Gasteiger partial charge in [-0.2, -0.15) is 11.8 Å². The third-order valence-electron chi connectivity index (χ3n) is 8.80. The standard InChI is InChI=1S/C31H53NO4S/c1-10-36-29(35)24(32-22(4)17-25(33)27-20(2)13-11-15-30(27,6)7)19-37-23(5)18-26(34)28-21(3)14-12-16-31(28,8)9/h17,20-21,23-24,27-28,32H,10-16,18-19H2,1-9H3/b22-17+. The molecule has 6 atom stereocenters. The van der Waals surface area contributed by atoms with Gasteiger partial charge in [-0.1, -0.05) is 61.3 Å². The Morgan fingerprint density at radius 2 is 1.54 bits per heavy atom. The molecule has 5 nitrogen and oxygen atoms in total. The van der Waals surface area contributed by atoms with Gasteiger partial charge in [0.15, 0.2) is 5.78 Å². The second-order valence-electron chi connectivity index (χ2n) is 13.2. The quantitative estimate of drug-likeness (QED) is 0.215. The van der Waals surface area contributed by atoms with Gasteiger partial charge >= 0.3 is 5.97 Å². The van der Waals surface area contributed by atoms with Crippen molar-refractivity contribution < 1.29 is 19.1 Å². The van der Waals surface area contributed by atoms with Gasteiger partial charge in [0, 0.05) is 41.0 Å². The van der Waals surface area contributed by atoms with Crippen LogP contribution in [-0.2, 0) is 19.1 Å². The van der Waals surface area contributed by atoms with Gasteiger partial charge in [-0.3, -0.25) is 9.59 Å². The first-order chi connectivity index (χ1) is 17.2. The number of Topliss-reactive ketones (excluding diaryl/α,β-unsaturated/α-hetero) is 1. The summed E-state index contributed by atoms with van der Waals surface area (Å²) >= 11 is 1.63. The van der Waals surface area contributed by atoms with Gasteiger partial charge in [-0.05, 0) is 62.2 Å². The molecule has 0 heterocycles. The maximum Gasteiger partial charge on any atom is 0.329 e. The largest absolute Gasteiger partial charge is 0.464 e. The summed E-state index contributed by atoms with van der Waals surface area (Å²) in [6, 6.07) is -0.562. The lowest BCUT2D eigenvalue weighted by atomic mass is 9.62. The van der Waals surface area contributed by atoms with E-state index in [-0.39, 0.29) is 39.7 Å². The molecule has 2 fully saturated rings. The molecule has 212 valence electrons. The second-order valence-corrected chi connectivity index (χ2v) is 14.6. The number of nitrogens with one attached hydrogen (secondary N) is 1. The van der Waals surface area contributed by atoms with Gasteiger partial charge in [-0.15, -0.1) is 0 Å². The van der Waals surface area contributed by atoms with E-state index in [0.29, 0.717) is 42.1 Å². The van der Waals surface area contributed by atoms with Gasteiger partial charge < -0.3 is 10.1 Å². The zero-order valence-electron chi connectivity index (χ0n) is 24.9. The summed E-state index contributed by atoms with van der Waals surface area (Å²) in [5, 5.41) is 3.37. The highest BCUT2D eigenvalue weighted by Crippen LogP contribution is 2.46. The van der Waals surface area contributed by atoms with Crippen LogP contribution in [0.5, 0.6) is 0 Å². The molecule has 2 saturated carbocycles. The summed E-state index contributed by atoms with van der Waals surface area (Å²) in [5.74, 6) is 1.53. The zero-order chi connectivity index (χ0) is 28.0. The molecule has 0 saturated heterocycles. The number of thioether (sulfide) groups is 1. The lowest BCUT2D eigenvalue weighted by Crippen LogP contribution is -2.41. The molecule has 2 rings (SSSR count). The molecule has 2 aliphatic rings. The number of hydrogen-bond acceptors (Lipinski definition) is 6. The summed E-state index contributed by atoms with van der Waals surface area (Å²) < 4.78 is 5.33. The number of carbonyl (C=O) groups excluding carboxylic acids is 3. The number of rotatable bonds is 12. The fraction of sp³-hybridized carbons (Fsp3) is 0.839. The highest BCUT2D eigenvalue weighted by molar-refractivity contribution is 7.99. The summed E-state index contributed by atoms with van der Waals surface area (Å²) in [4.78, 5) is 39.3. The lowest BCUT2D eigenvalue weighted by Gasteiger charge is -2.42. The van der Waals surface area contributed by atoms with Crippen LogP contribution in [0, 0.1) is 34.5 Å². The number of allylic oxidation sites excluding steroid dienone is 2. The molecule has 2 aliphatic carbocycles. The molecule has 0 aromatic heterocycles. The van der Waals surface area contributed by atoms with Crippen LogP contribution in [0.2, 0.25) is 0 Å². The first kappa shape index (κ1) is 31.9. The Bertz CT molecular complexity index is 833. The minimum absolute atomic E-state index is 0.00844. The van der Waals surface area contributed by atoms with E-state index in [1.54, 1.807) is 24.8 Å². The molecular formula is C31H53NO4S. The molecule has 0 aromatic rings. The SMILES string of the molecule is CCOC(=O)C(CSC(C)CC(=O)C1C(C)CCCC1(C)C)N/C(C)=C/C(=O)C1C(C)CCCC1(C)C. The van der Waals surface area contributed by atoms with E-state index in [1.807, 2.05) is 6.92 Å². The van der Waals surface area contributed by atoms with Crippen molar-refractivity contribution in [2.75, 3.05) is 12.4 Å². The number of hydrogen-bond donors (Lipinski definition) is 1. The lowest BCUT2D eigenvalue weighted by molar-refractivity contribution is -0.144. The maximum atomic E-state index is 13.3. The van der Waals surface area contributed by atoms with Crippen LogP contribution in [0.3, 0.4) is 0 Å². The summed E-state index contributed by atoms with van der Waals surface area (Å²) in [6.07, 6.45) is 8.92. The van der Waals surface area contributed by atoms with E-state index in [1.165, 1.54) is 12.8 Å². The van der Waals surface area contributed by atoms with Crippen LogP contribution >= 0.6 is 11.8 Å².